The maximum absolute atomic E-state index is 9.52. The van der Waals surface area contributed by atoms with E-state index in [2.05, 4.69) is 18.3 Å². The van der Waals surface area contributed by atoms with Gasteiger partial charge in [0.05, 0.1) is 6.10 Å². The normalized spacial score (nSPS) is 17.0. The minimum atomic E-state index is -0.208. The zero-order valence-corrected chi connectivity index (χ0v) is 11.7. The number of fused-ring (bicyclic) bond motifs is 1. The second-order valence-corrected chi connectivity index (χ2v) is 4.93. The van der Waals surface area contributed by atoms with Crippen molar-refractivity contribution < 1.29 is 14.6 Å². The van der Waals surface area contributed by atoms with Crippen LogP contribution in [0.2, 0.25) is 0 Å². The van der Waals surface area contributed by atoms with Crippen molar-refractivity contribution in [1.29, 1.82) is 0 Å². The summed E-state index contributed by atoms with van der Waals surface area (Å²) in [4.78, 5) is 0. The fraction of sp³-hybridized carbons (Fsp3) is 0.600. The Kier molecular flexibility index (Phi) is 5.05. The van der Waals surface area contributed by atoms with E-state index < -0.39 is 0 Å². The smallest absolute Gasteiger partial charge is 0.161 e. The fourth-order valence-electron chi connectivity index (χ4n) is 2.12. The zero-order chi connectivity index (χ0) is 13.7. The number of nitrogens with one attached hydrogen (secondary N) is 1. The molecule has 0 amide bonds. The predicted octanol–water partition coefficient (Wildman–Crippen LogP) is 2.27. The number of rotatable bonds is 6. The summed E-state index contributed by atoms with van der Waals surface area (Å²) in [5.74, 6) is 1.65. The first-order valence-corrected chi connectivity index (χ1v) is 7.01. The third kappa shape index (κ3) is 3.85. The summed E-state index contributed by atoms with van der Waals surface area (Å²) in [6, 6.07) is 6.28. The first-order chi connectivity index (χ1) is 9.20. The van der Waals surface area contributed by atoms with Gasteiger partial charge in [0.1, 0.15) is 13.2 Å². The second-order valence-electron chi connectivity index (χ2n) is 4.93. The average Bonchev–Trinajstić information content (AvgIpc) is 2.46. The molecule has 19 heavy (non-hydrogen) atoms. The van der Waals surface area contributed by atoms with E-state index in [1.807, 2.05) is 19.1 Å². The van der Waals surface area contributed by atoms with Crippen LogP contribution in [0.3, 0.4) is 0 Å². The molecule has 0 bridgehead atoms. The van der Waals surface area contributed by atoms with Gasteiger partial charge in [-0.1, -0.05) is 13.0 Å². The monoisotopic (exact) mass is 265 g/mol. The number of aliphatic hydroxyl groups excluding tert-OH is 1. The van der Waals surface area contributed by atoms with Crippen molar-refractivity contribution >= 4 is 0 Å². The van der Waals surface area contributed by atoms with Crippen molar-refractivity contribution in [2.75, 3.05) is 19.8 Å². The van der Waals surface area contributed by atoms with Gasteiger partial charge in [-0.15, -0.1) is 0 Å². The molecule has 4 nitrogen and oxygen atoms in total. The first kappa shape index (κ1) is 14.2. The summed E-state index contributed by atoms with van der Waals surface area (Å²) in [6.07, 6.45) is 1.38. The highest BCUT2D eigenvalue weighted by atomic mass is 16.6. The maximum Gasteiger partial charge on any atom is 0.161 e. The predicted molar refractivity (Wildman–Crippen MR) is 74.8 cm³/mol. The van der Waals surface area contributed by atoms with Crippen molar-refractivity contribution in [2.45, 2.75) is 38.8 Å². The van der Waals surface area contributed by atoms with Gasteiger partial charge in [-0.25, -0.2) is 0 Å². The molecule has 0 radical (unpaired) electrons. The molecule has 4 heteroatoms. The molecule has 0 saturated carbocycles. The highest BCUT2D eigenvalue weighted by molar-refractivity contribution is 5.44. The quantitative estimate of drug-likeness (QED) is 0.828. The van der Waals surface area contributed by atoms with Gasteiger partial charge in [0.2, 0.25) is 0 Å². The Morgan fingerprint density at radius 3 is 2.74 bits per heavy atom. The molecule has 1 aliphatic heterocycles. The summed E-state index contributed by atoms with van der Waals surface area (Å²) in [5, 5.41) is 12.9. The van der Waals surface area contributed by atoms with Crippen LogP contribution in [0.15, 0.2) is 18.2 Å². The molecule has 2 rings (SSSR count). The van der Waals surface area contributed by atoms with E-state index in [0.29, 0.717) is 13.2 Å². The molecule has 0 fully saturated rings. The van der Waals surface area contributed by atoms with Crippen LogP contribution in [0.5, 0.6) is 11.5 Å². The van der Waals surface area contributed by atoms with Crippen LogP contribution in [-0.4, -0.2) is 31.0 Å². The molecular weight excluding hydrogens is 242 g/mol. The Hall–Kier alpha value is -1.26. The van der Waals surface area contributed by atoms with E-state index in [1.165, 1.54) is 5.56 Å². The average molecular weight is 265 g/mol. The van der Waals surface area contributed by atoms with Gasteiger partial charge in [-0.2, -0.15) is 0 Å². The Morgan fingerprint density at radius 2 is 2.00 bits per heavy atom. The lowest BCUT2D eigenvalue weighted by Crippen LogP contribution is -2.23. The summed E-state index contributed by atoms with van der Waals surface area (Å²) < 4.78 is 11.1. The molecule has 1 aromatic rings. The molecule has 0 aliphatic carbocycles. The van der Waals surface area contributed by atoms with Crippen LogP contribution in [0.4, 0.5) is 0 Å². The SMILES string of the molecule is CCC(O)CCNC(C)c1ccc2c(c1)OCCO2. The second kappa shape index (κ2) is 6.78. The van der Waals surface area contributed by atoms with Gasteiger partial charge in [0.25, 0.3) is 0 Å². The maximum atomic E-state index is 9.52. The Morgan fingerprint density at radius 1 is 1.26 bits per heavy atom. The fourth-order valence-corrected chi connectivity index (χ4v) is 2.12. The lowest BCUT2D eigenvalue weighted by atomic mass is 10.1. The van der Waals surface area contributed by atoms with Crippen LogP contribution in [0.1, 0.15) is 38.3 Å². The third-order valence-electron chi connectivity index (χ3n) is 3.47. The first-order valence-electron chi connectivity index (χ1n) is 7.01. The van der Waals surface area contributed by atoms with Crippen LogP contribution in [0, 0.1) is 0 Å². The van der Waals surface area contributed by atoms with Crippen molar-refractivity contribution in [3.05, 3.63) is 23.8 Å². The van der Waals surface area contributed by atoms with Crippen LogP contribution < -0.4 is 14.8 Å². The van der Waals surface area contributed by atoms with E-state index in [-0.39, 0.29) is 12.1 Å². The van der Waals surface area contributed by atoms with E-state index in [1.54, 1.807) is 0 Å². The van der Waals surface area contributed by atoms with E-state index in [0.717, 1.165) is 30.9 Å². The molecule has 2 atom stereocenters. The lowest BCUT2D eigenvalue weighted by molar-refractivity contribution is 0.158. The number of ether oxygens (including phenoxy) is 2. The number of hydrogen-bond acceptors (Lipinski definition) is 4. The van der Waals surface area contributed by atoms with E-state index in [9.17, 15) is 5.11 Å². The summed E-state index contributed by atoms with van der Waals surface area (Å²) in [7, 11) is 0. The molecule has 1 aliphatic rings. The molecular formula is C15H23NO3. The van der Waals surface area contributed by atoms with Crippen LogP contribution >= 0.6 is 0 Å². The van der Waals surface area contributed by atoms with Gasteiger partial charge in [-0.3, -0.25) is 0 Å². The van der Waals surface area contributed by atoms with E-state index >= 15 is 0 Å². The van der Waals surface area contributed by atoms with Gasteiger partial charge in [0.15, 0.2) is 11.5 Å². The molecule has 1 heterocycles. The zero-order valence-electron chi connectivity index (χ0n) is 11.7. The van der Waals surface area contributed by atoms with Crippen molar-refractivity contribution in [3.63, 3.8) is 0 Å². The van der Waals surface area contributed by atoms with Crippen molar-refractivity contribution in [2.24, 2.45) is 0 Å². The minimum absolute atomic E-state index is 0.208. The topological polar surface area (TPSA) is 50.7 Å². The van der Waals surface area contributed by atoms with Gasteiger partial charge in [-0.05, 0) is 44.0 Å². The van der Waals surface area contributed by atoms with Gasteiger partial charge >= 0.3 is 0 Å². The Bertz CT molecular complexity index is 408. The molecule has 0 aromatic heterocycles. The Balaban J connectivity index is 1.90. The summed E-state index contributed by atoms with van der Waals surface area (Å²) in [5.41, 5.74) is 1.18. The Labute approximate surface area is 114 Å². The standard InChI is InChI=1S/C15H23NO3/c1-3-13(17)6-7-16-11(2)12-4-5-14-15(10-12)19-9-8-18-14/h4-5,10-11,13,16-17H,3,6-9H2,1-2H3. The summed E-state index contributed by atoms with van der Waals surface area (Å²) >= 11 is 0. The van der Waals surface area contributed by atoms with E-state index in [4.69, 9.17) is 9.47 Å². The molecule has 1 aromatic carbocycles. The summed E-state index contributed by atoms with van der Waals surface area (Å²) in [6.45, 7) is 6.15. The van der Waals surface area contributed by atoms with Gasteiger partial charge < -0.3 is 19.9 Å². The number of benzene rings is 1. The molecule has 106 valence electrons. The number of aliphatic hydroxyl groups is 1. The third-order valence-corrected chi connectivity index (χ3v) is 3.47. The van der Waals surface area contributed by atoms with Crippen LogP contribution in [0.25, 0.3) is 0 Å². The highest BCUT2D eigenvalue weighted by Crippen LogP contribution is 2.32. The van der Waals surface area contributed by atoms with Crippen molar-refractivity contribution in [1.82, 2.24) is 5.32 Å². The van der Waals surface area contributed by atoms with Crippen molar-refractivity contribution in [3.8, 4) is 11.5 Å². The van der Waals surface area contributed by atoms with Gasteiger partial charge in [0, 0.05) is 6.04 Å². The minimum Gasteiger partial charge on any atom is -0.486 e. The van der Waals surface area contributed by atoms with Crippen LogP contribution in [-0.2, 0) is 0 Å². The number of hydrogen-bond donors (Lipinski definition) is 2. The molecule has 0 saturated heterocycles. The lowest BCUT2D eigenvalue weighted by Gasteiger charge is -2.21. The molecule has 2 unspecified atom stereocenters. The molecule has 0 spiro atoms. The molecule has 2 N–H and O–H groups in total. The largest absolute Gasteiger partial charge is 0.486 e. The highest BCUT2D eigenvalue weighted by Gasteiger charge is 2.14.